The summed E-state index contributed by atoms with van der Waals surface area (Å²) in [5.74, 6) is -1.09. The van der Waals surface area contributed by atoms with Gasteiger partial charge < -0.3 is 9.84 Å². The van der Waals surface area contributed by atoms with Gasteiger partial charge in [0.2, 0.25) is 5.60 Å². The number of hydrogen-bond acceptors (Lipinski definition) is 2. The number of halogens is 1. The van der Waals surface area contributed by atoms with E-state index < -0.39 is 17.4 Å². The van der Waals surface area contributed by atoms with Crippen LogP contribution in [0.25, 0.3) is 0 Å². The Morgan fingerprint density at radius 3 is 2.65 bits per heavy atom. The summed E-state index contributed by atoms with van der Waals surface area (Å²) in [5, 5.41) is 9.19. The molecule has 0 aliphatic rings. The fourth-order valence-corrected chi connectivity index (χ4v) is 1.74. The lowest BCUT2D eigenvalue weighted by Crippen LogP contribution is -2.42. The summed E-state index contributed by atoms with van der Waals surface area (Å²) in [5.41, 5.74) is -1.33. The van der Waals surface area contributed by atoms with Gasteiger partial charge in [0.1, 0.15) is 11.6 Å². The van der Waals surface area contributed by atoms with Gasteiger partial charge in [-0.1, -0.05) is 19.9 Å². The van der Waals surface area contributed by atoms with Crippen LogP contribution in [0.1, 0.15) is 27.2 Å². The summed E-state index contributed by atoms with van der Waals surface area (Å²) in [6.45, 7) is 5.33. The topological polar surface area (TPSA) is 46.5 Å². The van der Waals surface area contributed by atoms with Gasteiger partial charge in [-0.3, -0.25) is 0 Å². The molecule has 0 aromatic heterocycles. The first-order valence-electron chi connectivity index (χ1n) is 5.51. The van der Waals surface area contributed by atoms with Crippen molar-refractivity contribution >= 4 is 5.97 Å². The van der Waals surface area contributed by atoms with Crippen molar-refractivity contribution in [3.63, 3.8) is 0 Å². The normalized spacial score (nSPS) is 14.4. The van der Waals surface area contributed by atoms with Gasteiger partial charge in [-0.05, 0) is 25.0 Å². The number of rotatable bonds is 5. The van der Waals surface area contributed by atoms with Gasteiger partial charge in [0.05, 0.1) is 0 Å². The molecular formula is C13H17FO3. The average molecular weight is 240 g/mol. The molecule has 0 amide bonds. The minimum absolute atomic E-state index is 0.171. The molecule has 1 atom stereocenters. The molecule has 4 heteroatoms. The second-order valence-electron chi connectivity index (χ2n) is 4.69. The third-order valence-electron chi connectivity index (χ3n) is 2.39. The molecular weight excluding hydrogens is 223 g/mol. The van der Waals surface area contributed by atoms with Crippen LogP contribution in [-0.4, -0.2) is 16.7 Å². The molecule has 0 fully saturated rings. The lowest BCUT2D eigenvalue weighted by Gasteiger charge is -2.28. The SMILES string of the molecule is CC(C)CC(C)(Oc1cccc(F)c1)C(=O)O. The summed E-state index contributed by atoms with van der Waals surface area (Å²) < 4.78 is 18.4. The zero-order valence-electron chi connectivity index (χ0n) is 10.2. The van der Waals surface area contributed by atoms with Crippen molar-refractivity contribution in [2.24, 2.45) is 5.92 Å². The zero-order chi connectivity index (χ0) is 13.1. The summed E-state index contributed by atoms with van der Waals surface area (Å²) >= 11 is 0. The minimum atomic E-state index is -1.33. The van der Waals surface area contributed by atoms with Gasteiger partial charge in [0, 0.05) is 12.5 Å². The highest BCUT2D eigenvalue weighted by Gasteiger charge is 2.36. The van der Waals surface area contributed by atoms with Crippen LogP contribution in [0.5, 0.6) is 5.75 Å². The smallest absolute Gasteiger partial charge is 0.347 e. The van der Waals surface area contributed by atoms with E-state index in [1.807, 2.05) is 13.8 Å². The van der Waals surface area contributed by atoms with Crippen molar-refractivity contribution in [3.8, 4) is 5.75 Å². The van der Waals surface area contributed by atoms with E-state index in [0.717, 1.165) is 0 Å². The van der Waals surface area contributed by atoms with Crippen molar-refractivity contribution in [1.82, 2.24) is 0 Å². The van der Waals surface area contributed by atoms with Crippen LogP contribution >= 0.6 is 0 Å². The van der Waals surface area contributed by atoms with E-state index in [1.54, 1.807) is 6.07 Å². The van der Waals surface area contributed by atoms with Gasteiger partial charge in [0.25, 0.3) is 0 Å². The molecule has 0 radical (unpaired) electrons. The highest BCUT2D eigenvalue weighted by atomic mass is 19.1. The van der Waals surface area contributed by atoms with Gasteiger partial charge in [-0.15, -0.1) is 0 Å². The maximum Gasteiger partial charge on any atom is 0.347 e. The number of aliphatic carboxylic acids is 1. The van der Waals surface area contributed by atoms with Crippen molar-refractivity contribution in [1.29, 1.82) is 0 Å². The van der Waals surface area contributed by atoms with Crippen molar-refractivity contribution in [3.05, 3.63) is 30.1 Å². The summed E-state index contributed by atoms with van der Waals surface area (Å²) in [4.78, 5) is 11.2. The maximum atomic E-state index is 13.0. The van der Waals surface area contributed by atoms with E-state index in [0.29, 0.717) is 6.42 Å². The van der Waals surface area contributed by atoms with Crippen LogP contribution in [0.3, 0.4) is 0 Å². The van der Waals surface area contributed by atoms with E-state index in [2.05, 4.69) is 0 Å². The van der Waals surface area contributed by atoms with Crippen LogP contribution in [0.2, 0.25) is 0 Å². The number of benzene rings is 1. The molecule has 94 valence electrons. The predicted molar refractivity (Wildman–Crippen MR) is 62.5 cm³/mol. The monoisotopic (exact) mass is 240 g/mol. The fourth-order valence-electron chi connectivity index (χ4n) is 1.74. The molecule has 0 heterocycles. The third kappa shape index (κ3) is 3.73. The van der Waals surface area contributed by atoms with Gasteiger partial charge in [-0.2, -0.15) is 0 Å². The summed E-state index contributed by atoms with van der Waals surface area (Å²) in [6.07, 6.45) is 0.360. The molecule has 0 spiro atoms. The maximum absolute atomic E-state index is 13.0. The molecule has 0 aliphatic carbocycles. The predicted octanol–water partition coefficient (Wildman–Crippen LogP) is 3.09. The Bertz CT molecular complexity index is 403. The Kier molecular flexibility index (Phi) is 4.10. The van der Waals surface area contributed by atoms with Gasteiger partial charge in [0.15, 0.2) is 0 Å². The van der Waals surface area contributed by atoms with E-state index in [-0.39, 0.29) is 11.7 Å². The van der Waals surface area contributed by atoms with Crippen LogP contribution in [0, 0.1) is 11.7 Å². The van der Waals surface area contributed by atoms with E-state index in [1.165, 1.54) is 25.1 Å². The Hall–Kier alpha value is -1.58. The van der Waals surface area contributed by atoms with Crippen LogP contribution < -0.4 is 4.74 Å². The summed E-state index contributed by atoms with van der Waals surface area (Å²) in [6, 6.07) is 5.50. The average Bonchev–Trinajstić information content (AvgIpc) is 2.15. The van der Waals surface area contributed by atoms with Crippen LogP contribution in [-0.2, 0) is 4.79 Å². The Labute approximate surface area is 100 Å². The molecule has 1 aromatic rings. The quantitative estimate of drug-likeness (QED) is 0.860. The van der Waals surface area contributed by atoms with Crippen molar-refractivity contribution in [2.45, 2.75) is 32.8 Å². The molecule has 0 saturated carbocycles. The fraction of sp³-hybridized carbons (Fsp3) is 0.462. The molecule has 17 heavy (non-hydrogen) atoms. The summed E-state index contributed by atoms with van der Waals surface area (Å²) in [7, 11) is 0. The van der Waals surface area contributed by atoms with Gasteiger partial charge >= 0.3 is 5.97 Å². The van der Waals surface area contributed by atoms with Gasteiger partial charge in [-0.25, -0.2) is 9.18 Å². The first-order valence-corrected chi connectivity index (χ1v) is 5.51. The Balaban J connectivity index is 2.90. The lowest BCUT2D eigenvalue weighted by molar-refractivity contribution is -0.155. The Morgan fingerprint density at radius 1 is 1.53 bits per heavy atom. The highest BCUT2D eigenvalue weighted by Crippen LogP contribution is 2.25. The number of carbonyl (C=O) groups is 1. The van der Waals surface area contributed by atoms with Crippen molar-refractivity contribution in [2.75, 3.05) is 0 Å². The molecule has 1 unspecified atom stereocenters. The second kappa shape index (κ2) is 5.17. The van der Waals surface area contributed by atoms with E-state index >= 15 is 0 Å². The second-order valence-corrected chi connectivity index (χ2v) is 4.69. The largest absolute Gasteiger partial charge is 0.478 e. The molecule has 1 rings (SSSR count). The number of carboxylic acids is 1. The van der Waals surface area contributed by atoms with Crippen LogP contribution in [0.15, 0.2) is 24.3 Å². The third-order valence-corrected chi connectivity index (χ3v) is 2.39. The molecule has 1 aromatic carbocycles. The molecule has 0 aliphatic heterocycles. The molecule has 1 N–H and O–H groups in total. The van der Waals surface area contributed by atoms with Crippen molar-refractivity contribution < 1.29 is 19.0 Å². The van der Waals surface area contributed by atoms with E-state index in [9.17, 15) is 14.3 Å². The standard InChI is InChI=1S/C13H17FO3/c1-9(2)8-13(3,12(15)16)17-11-6-4-5-10(14)7-11/h4-7,9H,8H2,1-3H3,(H,15,16). The van der Waals surface area contributed by atoms with E-state index in [4.69, 9.17) is 4.74 Å². The number of carboxylic acid groups (broad SMARTS) is 1. The molecule has 3 nitrogen and oxygen atoms in total. The highest BCUT2D eigenvalue weighted by molar-refractivity contribution is 5.77. The Morgan fingerprint density at radius 2 is 2.18 bits per heavy atom. The minimum Gasteiger partial charge on any atom is -0.478 e. The first kappa shape index (κ1) is 13.5. The number of ether oxygens (including phenoxy) is 1. The number of hydrogen-bond donors (Lipinski definition) is 1. The van der Waals surface area contributed by atoms with Crippen LogP contribution in [0.4, 0.5) is 4.39 Å². The molecule has 0 bridgehead atoms. The lowest BCUT2D eigenvalue weighted by atomic mass is 9.94. The zero-order valence-corrected chi connectivity index (χ0v) is 10.2. The first-order chi connectivity index (χ1) is 7.83. The molecule has 0 saturated heterocycles.